The summed E-state index contributed by atoms with van der Waals surface area (Å²) >= 11 is 0.488. The van der Waals surface area contributed by atoms with E-state index in [1.54, 1.807) is 12.1 Å². The van der Waals surface area contributed by atoms with E-state index >= 15 is 0 Å². The van der Waals surface area contributed by atoms with E-state index in [4.69, 9.17) is 14.2 Å². The highest BCUT2D eigenvalue weighted by Gasteiger charge is 2.32. The maximum absolute atomic E-state index is 12.5. The van der Waals surface area contributed by atoms with Gasteiger partial charge in [0.25, 0.3) is 5.76 Å². The van der Waals surface area contributed by atoms with E-state index in [0.29, 0.717) is 35.6 Å². The fourth-order valence-electron chi connectivity index (χ4n) is 2.44. The molecule has 1 saturated heterocycles. The fraction of sp³-hybridized carbons (Fsp3) is 0.625. The van der Waals surface area contributed by atoms with Gasteiger partial charge in [-0.05, 0) is 38.5 Å². The Morgan fingerprint density at radius 3 is 2.74 bits per heavy atom. The molecule has 2 rings (SSSR count). The second-order valence-electron chi connectivity index (χ2n) is 5.87. The molecule has 0 aromatic heterocycles. The summed E-state index contributed by atoms with van der Waals surface area (Å²) in [7, 11) is 1.48. The van der Waals surface area contributed by atoms with Gasteiger partial charge in [0.1, 0.15) is 5.75 Å². The number of nitrogens with one attached hydrogen (secondary N) is 1. The number of benzene rings is 1. The van der Waals surface area contributed by atoms with Gasteiger partial charge in [-0.1, -0.05) is 17.8 Å². The fourth-order valence-corrected chi connectivity index (χ4v) is 3.03. The van der Waals surface area contributed by atoms with Crippen molar-refractivity contribution in [1.29, 1.82) is 0 Å². The van der Waals surface area contributed by atoms with E-state index in [1.807, 2.05) is 26.8 Å². The first-order valence-corrected chi connectivity index (χ1v) is 8.36. The summed E-state index contributed by atoms with van der Waals surface area (Å²) < 4.78 is 41.5. The molecule has 1 aliphatic heterocycles. The number of thioether (sulfide) groups is 1. The van der Waals surface area contributed by atoms with Crippen molar-refractivity contribution in [3.63, 3.8) is 0 Å². The molecule has 0 spiro atoms. The second-order valence-corrected chi connectivity index (χ2v) is 6.90. The second kappa shape index (κ2) is 7.79. The minimum Gasteiger partial charge on any atom is -0.496 e. The zero-order valence-corrected chi connectivity index (χ0v) is 14.6. The van der Waals surface area contributed by atoms with Gasteiger partial charge in [0, 0.05) is 12.6 Å². The standard InChI is InChI=1S/C16H23F2NO3S/c1-10(19-8-12-9-21-16(2,3)22-12)11-5-6-14(23-15(17)18)13(7-11)20-4/h5-7,10,12,15,19H,8-9H2,1-4H3/t10-,12+/m0/s1. The van der Waals surface area contributed by atoms with Crippen LogP contribution in [0.25, 0.3) is 0 Å². The summed E-state index contributed by atoms with van der Waals surface area (Å²) in [5.41, 5.74) is 0.971. The lowest BCUT2D eigenvalue weighted by molar-refractivity contribution is -0.137. The maximum atomic E-state index is 12.5. The third kappa shape index (κ3) is 5.31. The van der Waals surface area contributed by atoms with Crippen LogP contribution in [0.5, 0.6) is 5.75 Å². The highest BCUT2D eigenvalue weighted by Crippen LogP contribution is 2.35. The van der Waals surface area contributed by atoms with E-state index in [-0.39, 0.29) is 12.1 Å². The van der Waals surface area contributed by atoms with Gasteiger partial charge in [0.15, 0.2) is 5.79 Å². The van der Waals surface area contributed by atoms with Crippen LogP contribution >= 0.6 is 11.8 Å². The number of hydrogen-bond donors (Lipinski definition) is 1. The number of ether oxygens (including phenoxy) is 3. The van der Waals surface area contributed by atoms with Crippen LogP contribution in [0.1, 0.15) is 32.4 Å². The van der Waals surface area contributed by atoms with Crippen LogP contribution in [0.3, 0.4) is 0 Å². The molecule has 0 unspecified atom stereocenters. The molecule has 7 heteroatoms. The van der Waals surface area contributed by atoms with Crippen molar-refractivity contribution < 1.29 is 23.0 Å². The zero-order valence-electron chi connectivity index (χ0n) is 13.8. The van der Waals surface area contributed by atoms with Crippen LogP contribution in [0.15, 0.2) is 23.1 Å². The van der Waals surface area contributed by atoms with Crippen molar-refractivity contribution in [2.24, 2.45) is 0 Å². The summed E-state index contributed by atoms with van der Waals surface area (Å²) in [6.07, 6.45) is 0.00279. The Labute approximate surface area is 139 Å². The molecule has 0 saturated carbocycles. The molecule has 0 amide bonds. The number of halogens is 2. The topological polar surface area (TPSA) is 39.7 Å². The quantitative estimate of drug-likeness (QED) is 0.760. The van der Waals surface area contributed by atoms with Crippen LogP contribution in [-0.2, 0) is 9.47 Å². The Morgan fingerprint density at radius 2 is 2.17 bits per heavy atom. The average molecular weight is 347 g/mol. The Morgan fingerprint density at radius 1 is 1.43 bits per heavy atom. The smallest absolute Gasteiger partial charge is 0.289 e. The molecule has 0 bridgehead atoms. The molecular weight excluding hydrogens is 324 g/mol. The molecule has 130 valence electrons. The normalized spacial score (nSPS) is 21.6. The van der Waals surface area contributed by atoms with Crippen LogP contribution in [0.2, 0.25) is 0 Å². The van der Waals surface area contributed by atoms with Gasteiger partial charge < -0.3 is 19.5 Å². The molecule has 0 radical (unpaired) electrons. The van der Waals surface area contributed by atoms with Crippen molar-refractivity contribution in [3.8, 4) is 5.75 Å². The SMILES string of the molecule is COc1cc([C@H](C)NC[C@@H]2COC(C)(C)O2)ccc1SC(F)F. The molecule has 0 aliphatic carbocycles. The largest absolute Gasteiger partial charge is 0.496 e. The minimum absolute atomic E-state index is 0.00279. The van der Waals surface area contributed by atoms with Gasteiger partial charge in [-0.2, -0.15) is 8.78 Å². The number of methoxy groups -OCH3 is 1. The molecule has 23 heavy (non-hydrogen) atoms. The molecule has 1 aromatic rings. The Kier molecular flexibility index (Phi) is 6.25. The molecule has 2 atom stereocenters. The number of alkyl halides is 2. The van der Waals surface area contributed by atoms with Gasteiger partial charge >= 0.3 is 0 Å². The first-order valence-electron chi connectivity index (χ1n) is 7.48. The molecular formula is C16H23F2NO3S. The third-order valence-corrected chi connectivity index (χ3v) is 4.39. The summed E-state index contributed by atoms with van der Waals surface area (Å²) in [6, 6.07) is 5.34. The summed E-state index contributed by atoms with van der Waals surface area (Å²) in [6.45, 7) is 7.00. The van der Waals surface area contributed by atoms with Gasteiger partial charge in [-0.25, -0.2) is 0 Å². The van der Waals surface area contributed by atoms with Crippen molar-refractivity contribution in [1.82, 2.24) is 5.32 Å². The Balaban J connectivity index is 1.95. The van der Waals surface area contributed by atoms with Gasteiger partial charge in [0.2, 0.25) is 0 Å². The van der Waals surface area contributed by atoms with Crippen LogP contribution in [0, 0.1) is 0 Å². The van der Waals surface area contributed by atoms with Crippen LogP contribution < -0.4 is 10.1 Å². The lowest BCUT2D eigenvalue weighted by atomic mass is 10.1. The lowest BCUT2D eigenvalue weighted by Gasteiger charge is -2.20. The predicted molar refractivity (Wildman–Crippen MR) is 86.2 cm³/mol. The first kappa shape index (κ1) is 18.4. The Bertz CT molecular complexity index is 528. The van der Waals surface area contributed by atoms with Crippen LogP contribution in [-0.4, -0.2) is 37.9 Å². The maximum Gasteiger partial charge on any atom is 0.289 e. The van der Waals surface area contributed by atoms with E-state index in [0.717, 1.165) is 5.56 Å². The van der Waals surface area contributed by atoms with Gasteiger partial charge in [0.05, 0.1) is 24.7 Å². The Hall–Kier alpha value is -0.890. The first-order chi connectivity index (χ1) is 10.8. The van der Waals surface area contributed by atoms with Crippen molar-refractivity contribution in [2.75, 3.05) is 20.3 Å². The zero-order chi connectivity index (χ0) is 17.0. The van der Waals surface area contributed by atoms with Gasteiger partial charge in [-0.15, -0.1) is 0 Å². The average Bonchev–Trinajstić information content (AvgIpc) is 2.84. The summed E-state index contributed by atoms with van der Waals surface area (Å²) in [4.78, 5) is 0.438. The third-order valence-electron chi connectivity index (χ3n) is 3.62. The summed E-state index contributed by atoms with van der Waals surface area (Å²) in [5.74, 6) is -2.54. The van der Waals surface area contributed by atoms with E-state index < -0.39 is 11.5 Å². The predicted octanol–water partition coefficient (Wildman–Crippen LogP) is 3.81. The lowest BCUT2D eigenvalue weighted by Crippen LogP contribution is -2.32. The van der Waals surface area contributed by atoms with E-state index in [9.17, 15) is 8.78 Å². The number of hydrogen-bond acceptors (Lipinski definition) is 5. The van der Waals surface area contributed by atoms with Crippen LogP contribution in [0.4, 0.5) is 8.78 Å². The molecule has 1 heterocycles. The molecule has 1 aliphatic rings. The molecule has 4 nitrogen and oxygen atoms in total. The number of rotatable bonds is 7. The van der Waals surface area contributed by atoms with E-state index in [1.165, 1.54) is 7.11 Å². The highest BCUT2D eigenvalue weighted by atomic mass is 32.2. The highest BCUT2D eigenvalue weighted by molar-refractivity contribution is 7.99. The van der Waals surface area contributed by atoms with Crippen molar-refractivity contribution in [3.05, 3.63) is 23.8 Å². The minimum atomic E-state index is -2.46. The molecule has 1 aromatic carbocycles. The van der Waals surface area contributed by atoms with Crippen molar-refractivity contribution >= 4 is 11.8 Å². The molecule has 1 N–H and O–H groups in total. The van der Waals surface area contributed by atoms with Crippen molar-refractivity contribution in [2.45, 2.75) is 49.4 Å². The monoisotopic (exact) mass is 347 g/mol. The summed E-state index contributed by atoms with van der Waals surface area (Å²) in [5, 5.41) is 3.37. The molecule has 1 fully saturated rings. The van der Waals surface area contributed by atoms with E-state index in [2.05, 4.69) is 5.32 Å². The van der Waals surface area contributed by atoms with Gasteiger partial charge in [-0.3, -0.25) is 0 Å².